The number of hydrogen-bond donors (Lipinski definition) is 1. The van der Waals surface area contributed by atoms with E-state index in [1.54, 1.807) is 35.5 Å². The molecule has 1 N–H and O–H groups in total. The van der Waals surface area contributed by atoms with E-state index in [0.29, 0.717) is 11.3 Å². The number of pyridine rings is 1. The first-order valence-electron chi connectivity index (χ1n) is 9.56. The maximum Gasteiger partial charge on any atom is 0.416 e. The van der Waals surface area contributed by atoms with Gasteiger partial charge in [0.05, 0.1) is 15.3 Å². The first-order valence-corrected chi connectivity index (χ1v) is 11.4. The van der Waals surface area contributed by atoms with E-state index < -0.39 is 11.7 Å². The minimum Gasteiger partial charge on any atom is -0.322 e. The van der Waals surface area contributed by atoms with Crippen LogP contribution in [0.4, 0.5) is 18.9 Å². The van der Waals surface area contributed by atoms with Crippen LogP contribution < -0.4 is 5.32 Å². The Morgan fingerprint density at radius 3 is 2.47 bits per heavy atom. The normalized spacial score (nSPS) is 13.7. The van der Waals surface area contributed by atoms with Gasteiger partial charge in [-0.2, -0.15) is 13.2 Å². The molecule has 0 spiro atoms. The summed E-state index contributed by atoms with van der Waals surface area (Å²) < 4.78 is 39.3. The number of nitrogens with zero attached hydrogens (tertiary/aromatic N) is 1. The zero-order valence-electron chi connectivity index (χ0n) is 16.0. The summed E-state index contributed by atoms with van der Waals surface area (Å²) in [7, 11) is 0. The summed E-state index contributed by atoms with van der Waals surface area (Å²) in [6.07, 6.45) is 3.07. The van der Waals surface area contributed by atoms with Crippen LogP contribution >= 0.6 is 23.1 Å². The van der Waals surface area contributed by atoms with Crippen LogP contribution in [0.15, 0.2) is 53.0 Å². The highest BCUT2D eigenvalue weighted by atomic mass is 32.2. The summed E-state index contributed by atoms with van der Waals surface area (Å²) in [4.78, 5) is 18.4. The fraction of sp³-hybridized carbons (Fsp3) is 0.273. The van der Waals surface area contributed by atoms with Gasteiger partial charge in [-0.15, -0.1) is 23.1 Å². The van der Waals surface area contributed by atoms with E-state index in [0.717, 1.165) is 58.9 Å². The molecule has 0 saturated heterocycles. The summed E-state index contributed by atoms with van der Waals surface area (Å²) >= 11 is 3.28. The number of rotatable bonds is 5. The molecule has 1 amide bonds. The molecule has 3 nitrogen and oxygen atoms in total. The third kappa shape index (κ3) is 4.70. The molecule has 0 radical (unpaired) electrons. The Bertz CT molecular complexity index is 1030. The second-order valence-electron chi connectivity index (χ2n) is 7.05. The quantitative estimate of drug-likeness (QED) is 0.448. The average Bonchev–Trinajstić information content (AvgIpc) is 3.11. The van der Waals surface area contributed by atoms with Gasteiger partial charge in [0.1, 0.15) is 0 Å². The molecule has 0 aliphatic heterocycles. The lowest BCUT2D eigenvalue weighted by atomic mass is 9.95. The summed E-state index contributed by atoms with van der Waals surface area (Å²) in [5.74, 6) is 0.467. The van der Waals surface area contributed by atoms with Crippen molar-refractivity contribution in [2.75, 3.05) is 5.32 Å². The Labute approximate surface area is 180 Å². The Kier molecular flexibility index (Phi) is 6.15. The van der Waals surface area contributed by atoms with Gasteiger partial charge in [0.25, 0.3) is 5.91 Å². The van der Waals surface area contributed by atoms with Crippen LogP contribution in [0, 0.1) is 0 Å². The number of hydrogen-bond acceptors (Lipinski definition) is 4. The number of halogens is 3. The number of carbonyl (C=O) groups is 1. The number of carbonyl (C=O) groups excluding carboxylic acids is 1. The molecule has 2 aromatic heterocycles. The fourth-order valence-corrected chi connectivity index (χ4v) is 6.12. The van der Waals surface area contributed by atoms with Crippen molar-refractivity contribution >= 4 is 34.7 Å². The van der Waals surface area contributed by atoms with Crippen molar-refractivity contribution in [1.82, 2.24) is 4.98 Å². The average molecular weight is 449 g/mol. The van der Waals surface area contributed by atoms with E-state index in [-0.39, 0.29) is 5.91 Å². The van der Waals surface area contributed by atoms with Crippen LogP contribution in [0.25, 0.3) is 0 Å². The number of thioether (sulfide) groups is 1. The third-order valence-corrected chi connectivity index (χ3v) is 7.59. The van der Waals surface area contributed by atoms with Crippen LogP contribution in [0.1, 0.15) is 44.8 Å². The number of alkyl halides is 3. The number of benzene rings is 1. The molecule has 0 fully saturated rings. The largest absolute Gasteiger partial charge is 0.416 e. The predicted octanol–water partition coefficient (Wildman–Crippen LogP) is 6.59. The lowest BCUT2D eigenvalue weighted by molar-refractivity contribution is -0.137. The van der Waals surface area contributed by atoms with Gasteiger partial charge in [-0.1, -0.05) is 0 Å². The fourth-order valence-electron chi connectivity index (χ4n) is 3.44. The van der Waals surface area contributed by atoms with Gasteiger partial charge < -0.3 is 5.32 Å². The van der Waals surface area contributed by atoms with Crippen LogP contribution in [0.3, 0.4) is 0 Å². The number of anilines is 1. The molecule has 1 aliphatic carbocycles. The van der Waals surface area contributed by atoms with Gasteiger partial charge in [-0.25, -0.2) is 0 Å². The molecule has 0 atom stereocenters. The van der Waals surface area contributed by atoms with Crippen LogP contribution in [0.2, 0.25) is 0 Å². The Morgan fingerprint density at radius 1 is 1.07 bits per heavy atom. The van der Waals surface area contributed by atoms with Crippen molar-refractivity contribution in [2.24, 2.45) is 0 Å². The van der Waals surface area contributed by atoms with Gasteiger partial charge >= 0.3 is 6.18 Å². The monoisotopic (exact) mass is 448 g/mol. The molecule has 8 heteroatoms. The Balaban J connectivity index is 1.57. The van der Waals surface area contributed by atoms with E-state index >= 15 is 0 Å². The standard InChI is InChI=1S/C22H19F3N2OS2/c23-22(24,25)15-5-7-16(8-6-15)27-20(28)19-17-3-1-2-4-18(17)30-21(19)29-13-14-9-11-26-12-10-14/h5-12H,1-4,13H2,(H,27,28). The topological polar surface area (TPSA) is 42.0 Å². The van der Waals surface area contributed by atoms with Crippen LogP contribution in [-0.4, -0.2) is 10.9 Å². The molecule has 0 bridgehead atoms. The van der Waals surface area contributed by atoms with Crippen molar-refractivity contribution in [1.29, 1.82) is 0 Å². The van der Waals surface area contributed by atoms with E-state index in [9.17, 15) is 18.0 Å². The number of nitrogens with one attached hydrogen (secondary N) is 1. The lowest BCUT2D eigenvalue weighted by Gasteiger charge is -2.13. The summed E-state index contributed by atoms with van der Waals surface area (Å²) in [6.45, 7) is 0. The van der Waals surface area contributed by atoms with Gasteiger partial charge in [-0.3, -0.25) is 9.78 Å². The second-order valence-corrected chi connectivity index (χ2v) is 9.40. The minimum absolute atomic E-state index is 0.258. The summed E-state index contributed by atoms with van der Waals surface area (Å²) in [6, 6.07) is 8.45. The number of aromatic nitrogens is 1. The van der Waals surface area contributed by atoms with Gasteiger partial charge in [0.2, 0.25) is 0 Å². The van der Waals surface area contributed by atoms with E-state index in [1.807, 2.05) is 12.1 Å². The molecule has 156 valence electrons. The smallest absolute Gasteiger partial charge is 0.322 e. The number of fused-ring (bicyclic) bond motifs is 1. The lowest BCUT2D eigenvalue weighted by Crippen LogP contribution is -2.15. The van der Waals surface area contributed by atoms with Crippen LogP contribution in [0.5, 0.6) is 0 Å². The van der Waals surface area contributed by atoms with Crippen molar-refractivity contribution < 1.29 is 18.0 Å². The molecule has 1 aliphatic rings. The molecule has 4 rings (SSSR count). The molecule has 2 heterocycles. The van der Waals surface area contributed by atoms with Gasteiger partial charge in [0.15, 0.2) is 0 Å². The summed E-state index contributed by atoms with van der Waals surface area (Å²) in [5, 5.41) is 2.79. The molecule has 3 aromatic rings. The highest BCUT2D eigenvalue weighted by Crippen LogP contribution is 2.41. The Morgan fingerprint density at radius 2 is 1.77 bits per heavy atom. The number of thiophene rings is 1. The highest BCUT2D eigenvalue weighted by Gasteiger charge is 2.30. The molecule has 0 saturated carbocycles. The maximum atomic E-state index is 13.1. The molecular formula is C22H19F3N2OS2. The minimum atomic E-state index is -4.40. The second kappa shape index (κ2) is 8.81. The van der Waals surface area contributed by atoms with Gasteiger partial charge in [0, 0.05) is 28.7 Å². The van der Waals surface area contributed by atoms with Crippen LogP contribution in [-0.2, 0) is 24.8 Å². The zero-order valence-corrected chi connectivity index (χ0v) is 17.6. The summed E-state index contributed by atoms with van der Waals surface area (Å²) in [5.41, 5.74) is 2.51. The maximum absolute atomic E-state index is 13.1. The number of amides is 1. The highest BCUT2D eigenvalue weighted by molar-refractivity contribution is 8.00. The van der Waals surface area contributed by atoms with Crippen molar-refractivity contribution in [3.63, 3.8) is 0 Å². The Hall–Kier alpha value is -2.32. The van der Waals surface area contributed by atoms with E-state index in [4.69, 9.17) is 0 Å². The van der Waals surface area contributed by atoms with E-state index in [2.05, 4.69) is 10.3 Å². The zero-order chi connectivity index (χ0) is 21.1. The molecule has 0 unspecified atom stereocenters. The van der Waals surface area contributed by atoms with E-state index in [1.165, 1.54) is 17.0 Å². The molecule has 1 aromatic carbocycles. The van der Waals surface area contributed by atoms with Gasteiger partial charge in [-0.05, 0) is 73.2 Å². The third-order valence-electron chi connectivity index (χ3n) is 4.96. The van der Waals surface area contributed by atoms with Crippen molar-refractivity contribution in [3.8, 4) is 0 Å². The molecular weight excluding hydrogens is 429 g/mol. The van der Waals surface area contributed by atoms with Crippen molar-refractivity contribution in [3.05, 3.63) is 75.9 Å². The number of aryl methyl sites for hydroxylation is 1. The van der Waals surface area contributed by atoms with Crippen molar-refractivity contribution in [2.45, 2.75) is 41.8 Å². The SMILES string of the molecule is O=C(Nc1ccc(C(F)(F)F)cc1)c1c(SCc2ccncc2)sc2c1CCCC2. The first kappa shape index (κ1) is 20.9. The predicted molar refractivity (Wildman–Crippen MR) is 114 cm³/mol. The first-order chi connectivity index (χ1) is 14.4. The molecule has 30 heavy (non-hydrogen) atoms.